The van der Waals surface area contributed by atoms with Gasteiger partial charge in [0.2, 0.25) is 0 Å². The lowest BCUT2D eigenvalue weighted by Gasteiger charge is -2.29. The molecule has 0 aromatic rings. The molecule has 1 saturated heterocycles. The molecule has 0 N–H and O–H groups in total. The maximum atomic E-state index is 4.12. The van der Waals surface area contributed by atoms with Crippen LogP contribution in [0.5, 0.6) is 0 Å². The first-order chi connectivity index (χ1) is 4.33. The largest absolute Gasteiger partial charge is 0.304 e. The number of nitrogens with zero attached hydrogens (tertiary/aromatic N) is 2. The molecule has 1 heterocycles. The molecule has 0 unspecified atom stereocenters. The van der Waals surface area contributed by atoms with Crippen molar-refractivity contribution >= 4 is 22.6 Å². The predicted octanol–water partition coefficient (Wildman–Crippen LogP) is 0.727. The molecule has 9 heavy (non-hydrogen) atoms. The lowest BCUT2D eigenvalue weighted by molar-refractivity contribution is 0.235. The van der Waals surface area contributed by atoms with Crippen LogP contribution in [0.3, 0.4) is 0 Å². The quantitative estimate of drug-likeness (QED) is 0.347. The molecule has 1 fully saturated rings. The second kappa shape index (κ2) is 3.71. The van der Waals surface area contributed by atoms with E-state index in [4.69, 9.17) is 0 Å². The zero-order valence-electron chi connectivity index (χ0n) is 5.58. The smallest absolute Gasteiger partial charge is 0.0225 e. The summed E-state index contributed by atoms with van der Waals surface area (Å²) in [5.41, 5.74) is 0. The minimum absolute atomic E-state index is 1.14. The monoisotopic (exact) mass is 164 g/mol. The number of piperazine rings is 1. The molecular weight excluding hydrogens is 152 g/mol. The van der Waals surface area contributed by atoms with E-state index < -0.39 is 0 Å². The van der Waals surface area contributed by atoms with Gasteiger partial charge in [0.25, 0.3) is 0 Å². The van der Waals surface area contributed by atoms with E-state index in [0.717, 1.165) is 13.1 Å². The summed E-state index contributed by atoms with van der Waals surface area (Å²) in [6, 6.07) is 0. The summed E-state index contributed by atoms with van der Waals surface area (Å²) in [6.45, 7) is 4.64. The third-order valence-corrected chi connectivity index (χ3v) is 2.87. The summed E-state index contributed by atoms with van der Waals surface area (Å²) in [5, 5.41) is 0. The number of likely N-dealkylation sites (N-methyl/N-ethyl adjacent to an activating group) is 1. The third kappa shape index (κ3) is 2.37. The molecular formula is C5H12N2S2. The highest BCUT2D eigenvalue weighted by Gasteiger charge is 2.11. The van der Waals surface area contributed by atoms with E-state index in [0.29, 0.717) is 0 Å². The summed E-state index contributed by atoms with van der Waals surface area (Å²) in [6.07, 6.45) is 0. The third-order valence-electron chi connectivity index (χ3n) is 1.58. The van der Waals surface area contributed by atoms with Crippen LogP contribution >= 0.6 is 22.6 Å². The fraction of sp³-hybridized carbons (Fsp3) is 1.00. The van der Waals surface area contributed by atoms with Crippen LogP contribution in [0.15, 0.2) is 0 Å². The average molecular weight is 164 g/mol. The summed E-state index contributed by atoms with van der Waals surface area (Å²) in [5.74, 6) is 0. The SMILES string of the molecule is CN1CCN(SS)CC1. The Bertz CT molecular complexity index is 81.0. The molecule has 4 heteroatoms. The van der Waals surface area contributed by atoms with Crippen LogP contribution in [0, 0.1) is 0 Å². The summed E-state index contributed by atoms with van der Waals surface area (Å²) in [7, 11) is 3.70. The Balaban J connectivity index is 2.18. The molecule has 2 nitrogen and oxygen atoms in total. The number of rotatable bonds is 1. The number of thiol groups is 1. The van der Waals surface area contributed by atoms with Crippen molar-refractivity contribution in [3.05, 3.63) is 0 Å². The van der Waals surface area contributed by atoms with E-state index in [1.54, 1.807) is 11.0 Å². The maximum Gasteiger partial charge on any atom is 0.0225 e. The van der Waals surface area contributed by atoms with Crippen LogP contribution in [0.25, 0.3) is 0 Å². The van der Waals surface area contributed by atoms with Crippen molar-refractivity contribution in [3.8, 4) is 0 Å². The van der Waals surface area contributed by atoms with E-state index in [-0.39, 0.29) is 0 Å². The Kier molecular flexibility index (Phi) is 3.18. The minimum atomic E-state index is 1.14. The Morgan fingerprint density at radius 2 is 1.78 bits per heavy atom. The highest BCUT2D eigenvalue weighted by Crippen LogP contribution is 2.15. The Labute approximate surface area is 65.5 Å². The number of hydrogen-bond acceptors (Lipinski definition) is 4. The fourth-order valence-corrected chi connectivity index (χ4v) is 1.69. The van der Waals surface area contributed by atoms with Gasteiger partial charge >= 0.3 is 0 Å². The van der Waals surface area contributed by atoms with E-state index >= 15 is 0 Å². The minimum Gasteiger partial charge on any atom is -0.304 e. The van der Waals surface area contributed by atoms with Crippen molar-refractivity contribution in [3.63, 3.8) is 0 Å². The molecule has 0 amide bonds. The first kappa shape index (κ1) is 7.72. The highest BCUT2D eigenvalue weighted by molar-refractivity contribution is 8.67. The molecule has 1 aliphatic heterocycles. The van der Waals surface area contributed by atoms with Gasteiger partial charge in [0, 0.05) is 26.2 Å². The summed E-state index contributed by atoms with van der Waals surface area (Å²) >= 11 is 4.12. The van der Waals surface area contributed by atoms with Crippen molar-refractivity contribution in [2.75, 3.05) is 33.2 Å². The van der Waals surface area contributed by atoms with E-state index in [1.165, 1.54) is 13.1 Å². The van der Waals surface area contributed by atoms with Gasteiger partial charge < -0.3 is 4.90 Å². The lowest BCUT2D eigenvalue weighted by atomic mass is 10.4. The van der Waals surface area contributed by atoms with Gasteiger partial charge in [0.15, 0.2) is 0 Å². The van der Waals surface area contributed by atoms with Crippen LogP contribution in [0.4, 0.5) is 0 Å². The molecule has 1 rings (SSSR count). The van der Waals surface area contributed by atoms with Gasteiger partial charge in [0.05, 0.1) is 0 Å². The van der Waals surface area contributed by atoms with Gasteiger partial charge in [-0.25, -0.2) is 4.31 Å². The molecule has 54 valence electrons. The van der Waals surface area contributed by atoms with Crippen molar-refractivity contribution < 1.29 is 0 Å². The fourth-order valence-electron chi connectivity index (χ4n) is 0.870. The Hall–Kier alpha value is 0.620. The maximum absolute atomic E-state index is 4.12. The van der Waals surface area contributed by atoms with Crippen LogP contribution in [0.1, 0.15) is 0 Å². The summed E-state index contributed by atoms with van der Waals surface area (Å²) < 4.78 is 2.27. The van der Waals surface area contributed by atoms with Gasteiger partial charge in [-0.2, -0.15) is 0 Å². The van der Waals surface area contributed by atoms with Crippen molar-refractivity contribution in [1.82, 2.24) is 9.21 Å². The second-order valence-electron chi connectivity index (χ2n) is 2.31. The molecule has 0 radical (unpaired) electrons. The van der Waals surface area contributed by atoms with E-state index in [9.17, 15) is 0 Å². The van der Waals surface area contributed by atoms with Crippen LogP contribution in [0.2, 0.25) is 0 Å². The van der Waals surface area contributed by atoms with Gasteiger partial charge in [-0.05, 0) is 18.0 Å². The van der Waals surface area contributed by atoms with Gasteiger partial charge in [-0.15, -0.1) is 0 Å². The first-order valence-electron chi connectivity index (χ1n) is 3.08. The predicted molar refractivity (Wildman–Crippen MR) is 45.6 cm³/mol. The molecule has 0 aromatic heterocycles. The molecule has 0 aromatic carbocycles. The van der Waals surface area contributed by atoms with Crippen LogP contribution in [-0.2, 0) is 0 Å². The molecule has 0 spiro atoms. The Morgan fingerprint density at radius 3 is 2.22 bits per heavy atom. The zero-order valence-corrected chi connectivity index (χ0v) is 7.29. The zero-order chi connectivity index (χ0) is 6.69. The summed E-state index contributed by atoms with van der Waals surface area (Å²) in [4.78, 5) is 2.33. The van der Waals surface area contributed by atoms with Gasteiger partial charge in [0.1, 0.15) is 0 Å². The van der Waals surface area contributed by atoms with E-state index in [2.05, 4.69) is 27.9 Å². The van der Waals surface area contributed by atoms with E-state index in [1.807, 2.05) is 0 Å². The lowest BCUT2D eigenvalue weighted by Crippen LogP contribution is -2.40. The van der Waals surface area contributed by atoms with Crippen LogP contribution < -0.4 is 0 Å². The molecule has 0 saturated carbocycles. The standard InChI is InChI=1S/C5H12N2S2/c1-6-2-4-7(9-8)5-3-6/h8H,2-5H2,1H3. The molecule has 0 aliphatic carbocycles. The first-order valence-corrected chi connectivity index (χ1v) is 4.90. The van der Waals surface area contributed by atoms with Gasteiger partial charge in [-0.1, -0.05) is 11.7 Å². The number of hydrogen-bond donors (Lipinski definition) is 1. The molecule has 0 bridgehead atoms. The Morgan fingerprint density at radius 1 is 1.22 bits per heavy atom. The average Bonchev–Trinajstić information content (AvgIpc) is 1.90. The van der Waals surface area contributed by atoms with Crippen molar-refractivity contribution in [1.29, 1.82) is 0 Å². The second-order valence-corrected chi connectivity index (χ2v) is 3.48. The topological polar surface area (TPSA) is 6.48 Å². The highest BCUT2D eigenvalue weighted by atomic mass is 33.1. The van der Waals surface area contributed by atoms with Gasteiger partial charge in [-0.3, -0.25) is 0 Å². The van der Waals surface area contributed by atoms with Crippen molar-refractivity contribution in [2.24, 2.45) is 0 Å². The van der Waals surface area contributed by atoms with Crippen molar-refractivity contribution in [2.45, 2.75) is 0 Å². The normalized spacial score (nSPS) is 24.7. The molecule has 0 atom stereocenters. The van der Waals surface area contributed by atoms with Crippen LogP contribution in [-0.4, -0.2) is 42.4 Å². The molecule has 1 aliphatic rings.